The third kappa shape index (κ3) is 14.8. The van der Waals surface area contributed by atoms with Gasteiger partial charge in [-0.1, -0.05) is 44.4 Å². The van der Waals surface area contributed by atoms with Gasteiger partial charge in [0.2, 0.25) is 10.0 Å². The Morgan fingerprint density at radius 3 is 2.28 bits per heavy atom. The van der Waals surface area contributed by atoms with Crippen LogP contribution in [0.25, 0.3) is 0 Å². The molecule has 0 atom stereocenters. The number of aryl methyl sites for hydroxylation is 1. The Kier molecular flexibility index (Phi) is 15.3. The van der Waals surface area contributed by atoms with Crippen LogP contribution in [-0.2, 0) is 27.6 Å². The molecule has 9 nitrogen and oxygen atoms in total. The predicted molar refractivity (Wildman–Crippen MR) is 159 cm³/mol. The molecule has 6 N–H and O–H groups in total. The van der Waals surface area contributed by atoms with Crippen molar-refractivity contribution in [3.63, 3.8) is 0 Å². The highest BCUT2D eigenvalue weighted by atomic mass is 32.2. The first-order chi connectivity index (χ1) is 18.8. The number of hydrogen-bond donors (Lipinski definition) is 5. The summed E-state index contributed by atoms with van der Waals surface area (Å²) >= 11 is 0. The third-order valence-corrected chi connectivity index (χ3v) is 7.67. The highest BCUT2D eigenvalue weighted by Crippen LogP contribution is 2.24. The molecule has 2 amide bonds. The van der Waals surface area contributed by atoms with Gasteiger partial charge in [0.25, 0.3) is 0 Å². The molecule has 0 aliphatic carbocycles. The zero-order valence-electron chi connectivity index (χ0n) is 23.2. The lowest BCUT2D eigenvalue weighted by atomic mass is 10.1. The van der Waals surface area contributed by atoms with Crippen molar-refractivity contribution in [1.29, 1.82) is 0 Å². The van der Waals surface area contributed by atoms with Crippen molar-refractivity contribution < 1.29 is 23.1 Å². The highest BCUT2D eigenvalue weighted by molar-refractivity contribution is 7.92. The van der Waals surface area contributed by atoms with Crippen molar-refractivity contribution in [3.8, 4) is 5.75 Å². The van der Waals surface area contributed by atoms with Gasteiger partial charge >= 0.3 is 6.03 Å². The fourth-order valence-corrected chi connectivity index (χ4v) is 5.34. The molecular formula is C29H46N4O5S. The number of sulfonamides is 1. The van der Waals surface area contributed by atoms with Crippen molar-refractivity contribution in [3.05, 3.63) is 53.6 Å². The van der Waals surface area contributed by atoms with Crippen molar-refractivity contribution >= 4 is 27.4 Å². The van der Waals surface area contributed by atoms with Crippen LogP contribution in [0.1, 0.15) is 69.4 Å². The quantitative estimate of drug-likeness (QED) is 0.105. The molecule has 39 heavy (non-hydrogen) atoms. The summed E-state index contributed by atoms with van der Waals surface area (Å²) in [6, 6.07) is 12.1. The van der Waals surface area contributed by atoms with Gasteiger partial charge < -0.3 is 26.2 Å². The van der Waals surface area contributed by atoms with E-state index < -0.39 is 16.1 Å². The van der Waals surface area contributed by atoms with E-state index >= 15 is 0 Å². The van der Waals surface area contributed by atoms with Gasteiger partial charge in [-0.2, -0.15) is 0 Å². The fourth-order valence-electron chi connectivity index (χ4n) is 4.08. The van der Waals surface area contributed by atoms with Gasteiger partial charge in [0, 0.05) is 18.9 Å². The standard InChI is InChI=1S/C29H46N4O5S/c1-2-3-22-39(36,37)33-26-14-11-24(12-15-26)10-6-9-21-38-20-8-5-4-7-18-31-19-17-25-13-16-28(34)27(23-25)32-29(30)35/h11-16,23,31,33-34H,2-10,17-22H2,1H3,(H3,30,32,35). The maximum atomic E-state index is 12.0. The number of benzene rings is 2. The van der Waals surface area contributed by atoms with Crippen LogP contribution in [0.3, 0.4) is 0 Å². The lowest BCUT2D eigenvalue weighted by molar-refractivity contribution is 0.126. The van der Waals surface area contributed by atoms with E-state index in [1.54, 1.807) is 12.1 Å². The molecular weight excluding hydrogens is 516 g/mol. The Balaban J connectivity index is 1.42. The van der Waals surface area contributed by atoms with Crippen LogP contribution in [0.15, 0.2) is 42.5 Å². The van der Waals surface area contributed by atoms with Gasteiger partial charge in [0.15, 0.2) is 0 Å². The zero-order valence-corrected chi connectivity index (χ0v) is 24.0. The second-order valence-corrected chi connectivity index (χ2v) is 11.6. The number of aromatic hydroxyl groups is 1. The number of phenolic OH excluding ortho intramolecular Hbond substituents is 1. The average Bonchev–Trinajstić information content (AvgIpc) is 2.90. The Labute approximate surface area is 234 Å². The molecule has 2 rings (SSSR count). The number of unbranched alkanes of at least 4 members (excludes halogenated alkanes) is 5. The molecule has 0 aliphatic heterocycles. The first kappa shape index (κ1) is 32.4. The second kappa shape index (κ2) is 18.5. The Morgan fingerprint density at radius 1 is 0.872 bits per heavy atom. The molecule has 218 valence electrons. The van der Waals surface area contributed by atoms with Crippen molar-refractivity contribution in [1.82, 2.24) is 5.32 Å². The highest BCUT2D eigenvalue weighted by Gasteiger charge is 2.09. The molecule has 10 heteroatoms. The summed E-state index contributed by atoms with van der Waals surface area (Å²) in [5, 5.41) is 15.6. The number of hydrogen-bond acceptors (Lipinski definition) is 6. The predicted octanol–water partition coefficient (Wildman–Crippen LogP) is 5.16. The molecule has 2 aromatic rings. The molecule has 0 spiro atoms. The van der Waals surface area contributed by atoms with E-state index in [4.69, 9.17) is 10.5 Å². The molecule has 2 aromatic carbocycles. The van der Waals surface area contributed by atoms with Crippen LogP contribution in [0.4, 0.5) is 16.2 Å². The molecule has 0 bridgehead atoms. The number of amides is 2. The smallest absolute Gasteiger partial charge is 0.316 e. The molecule has 0 aromatic heterocycles. The average molecular weight is 563 g/mol. The minimum absolute atomic E-state index is 0.00373. The van der Waals surface area contributed by atoms with Gasteiger partial charge in [0.1, 0.15) is 5.75 Å². The second-order valence-electron chi connectivity index (χ2n) is 9.80. The van der Waals surface area contributed by atoms with Crippen molar-refractivity contribution in [2.24, 2.45) is 5.73 Å². The molecule has 0 unspecified atom stereocenters. The lowest BCUT2D eigenvalue weighted by Gasteiger charge is -2.09. The summed E-state index contributed by atoms with van der Waals surface area (Å²) in [5.74, 6) is 0.164. The van der Waals surface area contributed by atoms with E-state index in [1.165, 1.54) is 5.56 Å². The Hall–Kier alpha value is -2.82. The first-order valence-corrected chi connectivity index (χ1v) is 15.7. The molecule has 0 fully saturated rings. The molecule has 0 heterocycles. The summed E-state index contributed by atoms with van der Waals surface area (Å²) in [6.45, 7) is 5.32. The monoisotopic (exact) mass is 562 g/mol. The van der Waals surface area contributed by atoms with E-state index in [9.17, 15) is 18.3 Å². The number of carbonyl (C=O) groups is 1. The minimum Gasteiger partial charge on any atom is -0.506 e. The maximum Gasteiger partial charge on any atom is 0.316 e. The minimum atomic E-state index is -3.25. The van der Waals surface area contributed by atoms with E-state index in [0.717, 1.165) is 89.7 Å². The normalized spacial score (nSPS) is 11.4. The molecule has 0 radical (unpaired) electrons. The maximum absolute atomic E-state index is 12.0. The molecule has 0 saturated carbocycles. The molecule has 0 saturated heterocycles. The van der Waals surface area contributed by atoms with E-state index in [0.29, 0.717) is 17.8 Å². The van der Waals surface area contributed by atoms with Crippen LogP contribution in [0.5, 0.6) is 5.75 Å². The van der Waals surface area contributed by atoms with Crippen LogP contribution >= 0.6 is 0 Å². The Bertz CT molecular complexity index is 1080. The number of primary amides is 1. The van der Waals surface area contributed by atoms with E-state index in [1.807, 2.05) is 37.3 Å². The summed E-state index contributed by atoms with van der Waals surface area (Å²) in [4.78, 5) is 11.0. The number of ether oxygens (including phenoxy) is 1. The number of carbonyl (C=O) groups excluding carboxylic acids is 1. The third-order valence-electron chi connectivity index (χ3n) is 6.30. The van der Waals surface area contributed by atoms with Gasteiger partial charge in [-0.05, 0) is 93.4 Å². The van der Waals surface area contributed by atoms with Crippen molar-refractivity contribution in [2.45, 2.75) is 71.1 Å². The zero-order chi connectivity index (χ0) is 28.3. The number of urea groups is 1. The van der Waals surface area contributed by atoms with E-state index in [-0.39, 0.29) is 11.5 Å². The van der Waals surface area contributed by atoms with Crippen LogP contribution in [-0.4, -0.2) is 51.6 Å². The number of rotatable bonds is 21. The largest absolute Gasteiger partial charge is 0.506 e. The first-order valence-electron chi connectivity index (χ1n) is 14.1. The lowest BCUT2D eigenvalue weighted by Crippen LogP contribution is -2.20. The van der Waals surface area contributed by atoms with Gasteiger partial charge in [0.05, 0.1) is 11.4 Å². The van der Waals surface area contributed by atoms with Crippen LogP contribution in [0.2, 0.25) is 0 Å². The van der Waals surface area contributed by atoms with Crippen molar-refractivity contribution in [2.75, 3.05) is 42.1 Å². The SMILES string of the molecule is CCCCS(=O)(=O)Nc1ccc(CCCCOCCCCCCNCCc2ccc(O)c(NC(N)=O)c2)cc1. The summed E-state index contributed by atoms with van der Waals surface area (Å²) in [6.07, 6.45) is 9.82. The summed E-state index contributed by atoms with van der Waals surface area (Å²) < 4.78 is 32.4. The number of nitrogens with two attached hydrogens (primary N) is 1. The van der Waals surface area contributed by atoms with Gasteiger partial charge in [-0.3, -0.25) is 4.72 Å². The van der Waals surface area contributed by atoms with Crippen LogP contribution in [0, 0.1) is 0 Å². The van der Waals surface area contributed by atoms with Gasteiger partial charge in [-0.25, -0.2) is 13.2 Å². The Morgan fingerprint density at radius 2 is 1.56 bits per heavy atom. The topological polar surface area (TPSA) is 143 Å². The number of phenols is 1. The summed E-state index contributed by atoms with van der Waals surface area (Å²) in [7, 11) is -3.25. The fraction of sp³-hybridized carbons (Fsp3) is 0.552. The van der Waals surface area contributed by atoms with Crippen LogP contribution < -0.4 is 21.1 Å². The van der Waals surface area contributed by atoms with Gasteiger partial charge in [-0.15, -0.1) is 0 Å². The number of anilines is 2. The molecule has 0 aliphatic rings. The van der Waals surface area contributed by atoms with E-state index in [2.05, 4.69) is 15.4 Å². The summed E-state index contributed by atoms with van der Waals surface area (Å²) in [5.41, 5.74) is 8.29. The number of nitrogens with one attached hydrogen (secondary N) is 3.